The molecule has 0 saturated carbocycles. The monoisotopic (exact) mass is 554 g/mol. The third kappa shape index (κ3) is 6.11. The average Bonchev–Trinajstić information content (AvgIpc) is 3.24. The van der Waals surface area contributed by atoms with Gasteiger partial charge in [-0.05, 0) is 78.4 Å². The number of nitrogens with one attached hydrogen (secondary N) is 1. The zero-order valence-electron chi connectivity index (χ0n) is 22.0. The van der Waals surface area contributed by atoms with Crippen LogP contribution in [0.2, 0.25) is 0 Å². The zero-order chi connectivity index (χ0) is 27.3. The van der Waals surface area contributed by atoms with Crippen LogP contribution in [0.25, 0.3) is 22.2 Å². The minimum absolute atomic E-state index is 0.113. The van der Waals surface area contributed by atoms with Crippen molar-refractivity contribution in [1.29, 1.82) is 0 Å². The van der Waals surface area contributed by atoms with Crippen molar-refractivity contribution in [2.75, 3.05) is 19.9 Å². The quantitative estimate of drug-likeness (QED) is 0.237. The first kappa shape index (κ1) is 27.9. The summed E-state index contributed by atoms with van der Waals surface area (Å²) < 4.78 is 61.2. The lowest BCUT2D eigenvalue weighted by atomic mass is 10.0. The molecular weight excluding hydrogens is 520 g/mol. The van der Waals surface area contributed by atoms with E-state index >= 15 is 0 Å². The van der Waals surface area contributed by atoms with Crippen LogP contribution >= 0.6 is 0 Å². The maximum atomic E-state index is 13.0. The number of hydrogen-bond donors (Lipinski definition) is 1. The number of aryl methyl sites for hydroxylation is 1. The van der Waals surface area contributed by atoms with Gasteiger partial charge in [0, 0.05) is 11.9 Å². The molecule has 1 N–H and O–H groups in total. The van der Waals surface area contributed by atoms with Crippen LogP contribution in [0.5, 0.6) is 5.75 Å². The Balaban J connectivity index is 1.64. The Kier molecular flexibility index (Phi) is 8.60. The van der Waals surface area contributed by atoms with Gasteiger partial charge in [-0.2, -0.15) is 0 Å². The molecule has 9 heteroatoms. The standard InChI is InChI=1S/C29H34N2O5S2/c1-4-5-6-9-22-12-18-25(19-13-22)38(34,35)30-21-20-27-26-10-7-8-11-28(26)31(37(3,32)33)29(27)23-14-16-24(36-2)17-15-23/h7-8,10-19,30H,4-6,9,20-21H2,1-3H3. The van der Waals surface area contributed by atoms with Gasteiger partial charge in [0.1, 0.15) is 5.75 Å². The third-order valence-corrected chi connectivity index (χ3v) is 9.12. The van der Waals surface area contributed by atoms with Crippen LogP contribution in [-0.4, -0.2) is 40.7 Å². The summed E-state index contributed by atoms with van der Waals surface area (Å²) in [5, 5.41) is 0.763. The van der Waals surface area contributed by atoms with Crippen molar-refractivity contribution in [2.24, 2.45) is 0 Å². The number of hydrogen-bond acceptors (Lipinski definition) is 5. The smallest absolute Gasteiger partial charge is 0.240 e. The maximum absolute atomic E-state index is 13.0. The van der Waals surface area contributed by atoms with E-state index in [1.807, 2.05) is 36.4 Å². The normalized spacial score (nSPS) is 12.2. The highest BCUT2D eigenvalue weighted by atomic mass is 32.2. The predicted molar refractivity (Wildman–Crippen MR) is 153 cm³/mol. The fourth-order valence-corrected chi connectivity index (χ4v) is 6.82. The summed E-state index contributed by atoms with van der Waals surface area (Å²) >= 11 is 0. The van der Waals surface area contributed by atoms with Gasteiger partial charge in [-0.3, -0.25) is 0 Å². The first-order chi connectivity index (χ1) is 18.2. The summed E-state index contributed by atoms with van der Waals surface area (Å²) in [5.41, 5.74) is 3.65. The summed E-state index contributed by atoms with van der Waals surface area (Å²) in [7, 11) is -5.82. The Hall–Kier alpha value is -3.14. The third-order valence-electron chi connectivity index (χ3n) is 6.60. The molecule has 1 heterocycles. The van der Waals surface area contributed by atoms with Crippen molar-refractivity contribution < 1.29 is 21.6 Å². The molecule has 4 aromatic rings. The molecule has 0 unspecified atom stereocenters. The van der Waals surface area contributed by atoms with Gasteiger partial charge in [-0.15, -0.1) is 0 Å². The van der Waals surface area contributed by atoms with Crippen LogP contribution in [-0.2, 0) is 32.9 Å². The predicted octanol–water partition coefficient (Wildman–Crippen LogP) is 5.38. The molecule has 38 heavy (non-hydrogen) atoms. The lowest BCUT2D eigenvalue weighted by Crippen LogP contribution is -2.26. The molecular formula is C29H34N2O5S2. The van der Waals surface area contributed by atoms with E-state index in [4.69, 9.17) is 4.74 Å². The molecule has 202 valence electrons. The Morgan fingerprint density at radius 2 is 1.53 bits per heavy atom. The fourth-order valence-electron chi connectivity index (χ4n) is 4.72. The molecule has 0 aliphatic heterocycles. The number of methoxy groups -OCH3 is 1. The van der Waals surface area contributed by atoms with Gasteiger partial charge in [0.25, 0.3) is 0 Å². The summed E-state index contributed by atoms with van der Waals surface area (Å²) in [6, 6.07) is 21.5. The van der Waals surface area contributed by atoms with Gasteiger partial charge in [-0.25, -0.2) is 25.5 Å². The number of aromatic nitrogens is 1. The Bertz CT molecular complexity index is 1610. The highest BCUT2D eigenvalue weighted by Gasteiger charge is 2.24. The Labute approximate surface area is 225 Å². The van der Waals surface area contributed by atoms with Gasteiger partial charge >= 0.3 is 0 Å². The Morgan fingerprint density at radius 3 is 2.16 bits per heavy atom. The molecule has 3 aromatic carbocycles. The van der Waals surface area contributed by atoms with E-state index in [1.165, 1.54) is 10.2 Å². The largest absolute Gasteiger partial charge is 0.497 e. The molecule has 0 spiro atoms. The number of nitrogens with zero attached hydrogens (tertiary/aromatic N) is 1. The molecule has 0 amide bonds. The van der Waals surface area contributed by atoms with Crippen molar-refractivity contribution in [3.05, 3.63) is 83.9 Å². The van der Waals surface area contributed by atoms with Gasteiger partial charge in [0.2, 0.25) is 20.0 Å². The van der Waals surface area contributed by atoms with Crippen LogP contribution in [0, 0.1) is 0 Å². The highest BCUT2D eigenvalue weighted by molar-refractivity contribution is 7.89. The number of unbranched alkanes of at least 4 members (excludes halogenated alkanes) is 2. The topological polar surface area (TPSA) is 94.5 Å². The number of rotatable bonds is 12. The maximum Gasteiger partial charge on any atom is 0.240 e. The minimum Gasteiger partial charge on any atom is -0.497 e. The SMILES string of the molecule is CCCCCc1ccc(S(=O)(=O)NCCc2c(-c3ccc(OC)cc3)n(S(C)(=O)=O)c3ccccc23)cc1. The van der Waals surface area contributed by atoms with E-state index in [0.717, 1.165) is 42.2 Å². The first-order valence-corrected chi connectivity index (χ1v) is 16.0. The molecule has 1 aromatic heterocycles. The lowest BCUT2D eigenvalue weighted by Gasteiger charge is -2.12. The van der Waals surface area contributed by atoms with Crippen LogP contribution in [0.4, 0.5) is 0 Å². The summed E-state index contributed by atoms with van der Waals surface area (Å²) in [6.45, 7) is 2.27. The number of para-hydroxylation sites is 1. The van der Waals surface area contributed by atoms with E-state index in [2.05, 4.69) is 11.6 Å². The second-order valence-corrected chi connectivity index (χ2v) is 12.9. The van der Waals surface area contributed by atoms with E-state index in [0.29, 0.717) is 28.9 Å². The van der Waals surface area contributed by atoms with E-state index in [-0.39, 0.29) is 11.4 Å². The van der Waals surface area contributed by atoms with Crippen molar-refractivity contribution in [1.82, 2.24) is 8.69 Å². The van der Waals surface area contributed by atoms with Crippen LogP contribution in [0.3, 0.4) is 0 Å². The fraction of sp³-hybridized carbons (Fsp3) is 0.310. The molecule has 0 aliphatic rings. The summed E-state index contributed by atoms with van der Waals surface area (Å²) in [5.74, 6) is 0.654. The number of ether oxygens (including phenoxy) is 1. The van der Waals surface area contributed by atoms with E-state index in [9.17, 15) is 16.8 Å². The lowest BCUT2D eigenvalue weighted by molar-refractivity contribution is 0.415. The molecule has 0 saturated heterocycles. The second-order valence-electron chi connectivity index (χ2n) is 9.35. The van der Waals surface area contributed by atoms with E-state index < -0.39 is 20.0 Å². The highest BCUT2D eigenvalue weighted by Crippen LogP contribution is 2.36. The first-order valence-electron chi connectivity index (χ1n) is 12.7. The molecule has 4 rings (SSSR count). The van der Waals surface area contributed by atoms with Crippen molar-refractivity contribution in [3.63, 3.8) is 0 Å². The van der Waals surface area contributed by atoms with Gasteiger partial charge in [0.05, 0.1) is 29.5 Å². The molecule has 0 aliphatic carbocycles. The van der Waals surface area contributed by atoms with Crippen molar-refractivity contribution in [2.45, 2.75) is 43.9 Å². The second kappa shape index (κ2) is 11.7. The zero-order valence-corrected chi connectivity index (χ0v) is 23.6. The van der Waals surface area contributed by atoms with Crippen LogP contribution in [0.15, 0.2) is 77.7 Å². The number of fused-ring (bicyclic) bond motifs is 1. The van der Waals surface area contributed by atoms with Crippen LogP contribution in [0.1, 0.15) is 37.3 Å². The van der Waals surface area contributed by atoms with E-state index in [1.54, 1.807) is 43.5 Å². The summed E-state index contributed by atoms with van der Waals surface area (Å²) in [6.07, 6.45) is 5.78. The molecule has 7 nitrogen and oxygen atoms in total. The molecule has 0 atom stereocenters. The van der Waals surface area contributed by atoms with Crippen molar-refractivity contribution >= 4 is 30.9 Å². The molecule has 0 bridgehead atoms. The average molecular weight is 555 g/mol. The van der Waals surface area contributed by atoms with Crippen LogP contribution < -0.4 is 9.46 Å². The molecule has 0 radical (unpaired) electrons. The van der Waals surface area contributed by atoms with Gasteiger partial charge < -0.3 is 4.74 Å². The van der Waals surface area contributed by atoms with Gasteiger partial charge in [-0.1, -0.05) is 50.1 Å². The number of sulfonamides is 1. The summed E-state index contributed by atoms with van der Waals surface area (Å²) in [4.78, 5) is 0.214. The van der Waals surface area contributed by atoms with Gasteiger partial charge in [0.15, 0.2) is 0 Å². The minimum atomic E-state index is -3.73. The number of benzene rings is 3. The van der Waals surface area contributed by atoms with Crippen molar-refractivity contribution in [3.8, 4) is 17.0 Å². The Morgan fingerprint density at radius 1 is 0.842 bits per heavy atom. The molecule has 0 fully saturated rings.